The number of alkyl halides is 3. The van der Waals surface area contributed by atoms with Crippen molar-refractivity contribution in [1.29, 1.82) is 0 Å². The van der Waals surface area contributed by atoms with Gasteiger partial charge in [0.15, 0.2) is 5.69 Å². The standard InChI is InChI=1S/C17H14F3N3OS/c18-17(19,20)14-8-25-16(23-14)13-7-22-15-12(13)5-10(6-21-15)9-1-3-11(24)4-2-9/h5-9H,1-4H2,(H,21,22). The van der Waals surface area contributed by atoms with Crippen molar-refractivity contribution in [3.05, 3.63) is 35.1 Å². The Labute approximate surface area is 145 Å². The number of nitrogens with one attached hydrogen (secondary N) is 1. The van der Waals surface area contributed by atoms with E-state index in [0.29, 0.717) is 29.1 Å². The second-order valence-corrected chi connectivity index (χ2v) is 7.07. The summed E-state index contributed by atoms with van der Waals surface area (Å²) in [5, 5.41) is 2.10. The van der Waals surface area contributed by atoms with Gasteiger partial charge in [0.2, 0.25) is 0 Å². The molecule has 8 heteroatoms. The molecule has 3 heterocycles. The maximum atomic E-state index is 12.8. The first-order valence-corrected chi connectivity index (χ1v) is 8.81. The van der Waals surface area contributed by atoms with E-state index in [2.05, 4.69) is 15.0 Å². The van der Waals surface area contributed by atoms with Crippen LogP contribution in [0.15, 0.2) is 23.8 Å². The minimum atomic E-state index is -4.45. The summed E-state index contributed by atoms with van der Waals surface area (Å²) in [5.41, 5.74) is 1.39. The number of thiazole rings is 1. The number of aromatic amines is 1. The third-order valence-corrected chi connectivity index (χ3v) is 5.47. The maximum Gasteiger partial charge on any atom is 0.434 e. The molecule has 25 heavy (non-hydrogen) atoms. The number of nitrogens with zero attached hydrogens (tertiary/aromatic N) is 2. The highest BCUT2D eigenvalue weighted by Gasteiger charge is 2.34. The third-order valence-electron chi connectivity index (χ3n) is 4.59. The van der Waals surface area contributed by atoms with Gasteiger partial charge in [-0.15, -0.1) is 11.3 Å². The highest BCUT2D eigenvalue weighted by atomic mass is 32.1. The Balaban J connectivity index is 1.72. The van der Waals surface area contributed by atoms with E-state index < -0.39 is 11.9 Å². The van der Waals surface area contributed by atoms with E-state index in [0.717, 1.165) is 40.5 Å². The van der Waals surface area contributed by atoms with Crippen molar-refractivity contribution < 1.29 is 18.0 Å². The molecule has 1 aliphatic rings. The lowest BCUT2D eigenvalue weighted by Gasteiger charge is -2.20. The minimum Gasteiger partial charge on any atom is -0.345 e. The van der Waals surface area contributed by atoms with Crippen molar-refractivity contribution in [2.24, 2.45) is 0 Å². The number of carbonyl (C=O) groups is 1. The van der Waals surface area contributed by atoms with Gasteiger partial charge in [0.05, 0.1) is 0 Å². The van der Waals surface area contributed by atoms with Crippen molar-refractivity contribution >= 4 is 28.2 Å². The molecule has 0 spiro atoms. The summed E-state index contributed by atoms with van der Waals surface area (Å²) in [5.74, 6) is 0.550. The fraction of sp³-hybridized carbons (Fsp3) is 0.353. The van der Waals surface area contributed by atoms with Gasteiger partial charge in [-0.1, -0.05) is 0 Å². The first-order chi connectivity index (χ1) is 11.9. The lowest BCUT2D eigenvalue weighted by Crippen LogP contribution is -2.12. The third kappa shape index (κ3) is 3.06. The smallest absolute Gasteiger partial charge is 0.345 e. The molecule has 4 nitrogen and oxygen atoms in total. The number of Topliss-reactive ketones (excluding diaryl/α,β-unsaturated/α-hetero) is 1. The predicted molar refractivity (Wildman–Crippen MR) is 88.4 cm³/mol. The number of hydrogen-bond acceptors (Lipinski definition) is 4. The molecule has 0 aromatic carbocycles. The summed E-state index contributed by atoms with van der Waals surface area (Å²) < 4.78 is 38.4. The zero-order chi connectivity index (χ0) is 17.6. The summed E-state index contributed by atoms with van der Waals surface area (Å²) >= 11 is 0.967. The van der Waals surface area contributed by atoms with Crippen molar-refractivity contribution in [2.45, 2.75) is 37.8 Å². The highest BCUT2D eigenvalue weighted by Crippen LogP contribution is 2.37. The molecular formula is C17H14F3N3OS. The number of hydrogen-bond donors (Lipinski definition) is 1. The topological polar surface area (TPSA) is 58.6 Å². The zero-order valence-electron chi connectivity index (χ0n) is 13.1. The van der Waals surface area contributed by atoms with Crippen LogP contribution in [0.5, 0.6) is 0 Å². The molecule has 1 N–H and O–H groups in total. The molecule has 3 aromatic heterocycles. The van der Waals surface area contributed by atoms with E-state index in [-0.39, 0.29) is 11.7 Å². The summed E-state index contributed by atoms with van der Waals surface area (Å²) in [6.07, 6.45) is 1.71. The fourth-order valence-electron chi connectivity index (χ4n) is 3.22. The Morgan fingerprint density at radius 3 is 2.68 bits per heavy atom. The number of carbonyl (C=O) groups excluding carboxylic acids is 1. The molecule has 1 saturated carbocycles. The van der Waals surface area contributed by atoms with Gasteiger partial charge >= 0.3 is 6.18 Å². The molecule has 0 bridgehead atoms. The molecule has 0 aliphatic heterocycles. The average Bonchev–Trinajstić information content (AvgIpc) is 3.21. The first-order valence-electron chi connectivity index (χ1n) is 7.93. The van der Waals surface area contributed by atoms with Crippen molar-refractivity contribution in [3.8, 4) is 10.6 Å². The van der Waals surface area contributed by atoms with Gasteiger partial charge in [0.1, 0.15) is 16.4 Å². The van der Waals surface area contributed by atoms with Crippen molar-refractivity contribution in [3.63, 3.8) is 0 Å². The Bertz CT molecular complexity index is 934. The molecule has 3 aromatic rings. The summed E-state index contributed by atoms with van der Waals surface area (Å²) in [6.45, 7) is 0. The van der Waals surface area contributed by atoms with E-state index >= 15 is 0 Å². The normalized spacial score (nSPS) is 16.7. The molecule has 1 aliphatic carbocycles. The van der Waals surface area contributed by atoms with Crippen LogP contribution in [-0.2, 0) is 11.0 Å². The molecule has 0 unspecified atom stereocenters. The van der Waals surface area contributed by atoms with Gasteiger partial charge in [0.25, 0.3) is 0 Å². The molecule has 130 valence electrons. The van der Waals surface area contributed by atoms with Crippen LogP contribution in [0.3, 0.4) is 0 Å². The van der Waals surface area contributed by atoms with Crippen molar-refractivity contribution in [2.75, 3.05) is 0 Å². The summed E-state index contributed by atoms with van der Waals surface area (Å²) in [7, 11) is 0. The Kier molecular flexibility index (Phi) is 3.87. The van der Waals surface area contributed by atoms with Gasteiger partial charge in [0, 0.05) is 41.6 Å². The first kappa shape index (κ1) is 16.3. The van der Waals surface area contributed by atoms with E-state index in [9.17, 15) is 18.0 Å². The lowest BCUT2D eigenvalue weighted by molar-refractivity contribution is -0.140. The van der Waals surface area contributed by atoms with Crippen LogP contribution in [0.2, 0.25) is 0 Å². The van der Waals surface area contributed by atoms with Crippen molar-refractivity contribution in [1.82, 2.24) is 15.0 Å². The van der Waals surface area contributed by atoms with Crippen LogP contribution in [0, 0.1) is 0 Å². The lowest BCUT2D eigenvalue weighted by atomic mass is 9.84. The van der Waals surface area contributed by atoms with Crippen LogP contribution in [0.25, 0.3) is 21.6 Å². The number of halogens is 3. The molecule has 0 saturated heterocycles. The summed E-state index contributed by atoms with van der Waals surface area (Å²) in [4.78, 5) is 22.5. The van der Waals surface area contributed by atoms with Gasteiger partial charge in [-0.25, -0.2) is 9.97 Å². The average molecular weight is 365 g/mol. The molecule has 0 radical (unpaired) electrons. The minimum absolute atomic E-state index is 0.263. The van der Waals surface area contributed by atoms with Gasteiger partial charge in [-0.2, -0.15) is 13.2 Å². The molecular weight excluding hydrogens is 351 g/mol. The quantitative estimate of drug-likeness (QED) is 0.700. The number of H-pyrrole nitrogens is 1. The van der Waals surface area contributed by atoms with Crippen LogP contribution in [0.1, 0.15) is 42.9 Å². The van der Waals surface area contributed by atoms with Crippen LogP contribution >= 0.6 is 11.3 Å². The number of ketones is 1. The van der Waals surface area contributed by atoms with Crippen LogP contribution in [0.4, 0.5) is 13.2 Å². The van der Waals surface area contributed by atoms with Crippen LogP contribution < -0.4 is 0 Å². The van der Waals surface area contributed by atoms with E-state index in [1.807, 2.05) is 6.07 Å². The van der Waals surface area contributed by atoms with Gasteiger partial charge in [-0.05, 0) is 30.4 Å². The maximum absolute atomic E-state index is 12.8. The van der Waals surface area contributed by atoms with Gasteiger partial charge in [-0.3, -0.25) is 4.79 Å². The van der Waals surface area contributed by atoms with Gasteiger partial charge < -0.3 is 4.98 Å². The molecule has 4 rings (SSSR count). The largest absolute Gasteiger partial charge is 0.434 e. The summed E-state index contributed by atoms with van der Waals surface area (Å²) in [6, 6.07) is 1.96. The van der Waals surface area contributed by atoms with E-state index in [1.165, 1.54) is 0 Å². The Hall–Kier alpha value is -2.22. The number of pyridine rings is 1. The second kappa shape index (κ2) is 5.94. The number of aromatic nitrogens is 3. The Morgan fingerprint density at radius 2 is 2.00 bits per heavy atom. The molecule has 0 atom stereocenters. The predicted octanol–water partition coefficient (Wildman–Crippen LogP) is 4.93. The zero-order valence-corrected chi connectivity index (χ0v) is 13.9. The Morgan fingerprint density at radius 1 is 1.24 bits per heavy atom. The SMILES string of the molecule is O=C1CCC(c2cnc3[nH]cc(-c4nc(C(F)(F)F)cs4)c3c2)CC1. The van der Waals surface area contributed by atoms with Crippen LogP contribution in [-0.4, -0.2) is 20.7 Å². The monoisotopic (exact) mass is 365 g/mol. The number of fused-ring (bicyclic) bond motifs is 1. The van der Waals surface area contributed by atoms with E-state index in [4.69, 9.17) is 0 Å². The second-order valence-electron chi connectivity index (χ2n) is 6.22. The van der Waals surface area contributed by atoms with E-state index in [1.54, 1.807) is 12.4 Å². The molecule has 0 amide bonds. The highest BCUT2D eigenvalue weighted by molar-refractivity contribution is 7.13. The number of rotatable bonds is 2. The molecule has 1 fully saturated rings. The fourth-order valence-corrected chi connectivity index (χ4v) is 4.08.